The molecule has 1 aromatic heterocycles. The van der Waals surface area contributed by atoms with Gasteiger partial charge >= 0.3 is 0 Å². The Balaban J connectivity index is 2.20. The molecule has 2 rings (SSSR count). The lowest BCUT2D eigenvalue weighted by molar-refractivity contribution is 0.542. The summed E-state index contributed by atoms with van der Waals surface area (Å²) < 4.78 is 13.2. The Bertz CT molecular complexity index is 514. The molecule has 94 valence electrons. The van der Waals surface area contributed by atoms with Crippen LogP contribution in [0, 0.1) is 12.7 Å². The smallest absolute Gasteiger partial charge is 0.126 e. The number of nitrogens with one attached hydrogen (secondary N) is 1. The predicted octanol–water partition coefficient (Wildman–Crippen LogP) is 2.28. The number of hydrogen-bond donors (Lipinski definition) is 2. The fourth-order valence-corrected chi connectivity index (χ4v) is 1.89. The van der Waals surface area contributed by atoms with Gasteiger partial charge in [-0.15, -0.1) is 0 Å². The molecular formula is C14H16FN3. The van der Waals surface area contributed by atoms with Crippen molar-refractivity contribution >= 4 is 0 Å². The van der Waals surface area contributed by atoms with Crippen LogP contribution in [0.1, 0.15) is 22.9 Å². The maximum absolute atomic E-state index is 13.2. The van der Waals surface area contributed by atoms with Crippen LogP contribution >= 0.6 is 0 Å². The SMILES string of the molecule is Cc1cc(C(Cc2ccccn2)NN)ccc1F. The van der Waals surface area contributed by atoms with Crippen molar-refractivity contribution in [1.82, 2.24) is 10.4 Å². The fourth-order valence-electron chi connectivity index (χ4n) is 1.89. The van der Waals surface area contributed by atoms with Crippen molar-refractivity contribution in [2.24, 2.45) is 5.84 Å². The molecule has 0 spiro atoms. The second-order valence-electron chi connectivity index (χ2n) is 4.25. The van der Waals surface area contributed by atoms with Crippen LogP contribution in [0.3, 0.4) is 0 Å². The number of rotatable bonds is 4. The van der Waals surface area contributed by atoms with Crippen LogP contribution in [0.15, 0.2) is 42.6 Å². The van der Waals surface area contributed by atoms with Gasteiger partial charge < -0.3 is 0 Å². The Morgan fingerprint density at radius 1 is 1.33 bits per heavy atom. The largest absolute Gasteiger partial charge is 0.271 e. The molecule has 3 nitrogen and oxygen atoms in total. The maximum atomic E-state index is 13.2. The molecule has 1 unspecified atom stereocenters. The molecule has 0 bridgehead atoms. The van der Waals surface area contributed by atoms with Crippen LogP contribution in [-0.4, -0.2) is 4.98 Å². The van der Waals surface area contributed by atoms with Crippen LogP contribution in [-0.2, 0) is 6.42 Å². The molecule has 0 fully saturated rings. The number of aromatic nitrogens is 1. The minimum Gasteiger partial charge on any atom is -0.271 e. The lowest BCUT2D eigenvalue weighted by atomic mass is 10.0. The number of halogens is 1. The van der Waals surface area contributed by atoms with Gasteiger partial charge in [0.2, 0.25) is 0 Å². The summed E-state index contributed by atoms with van der Waals surface area (Å²) in [6.07, 6.45) is 2.42. The summed E-state index contributed by atoms with van der Waals surface area (Å²) in [6, 6.07) is 10.7. The quantitative estimate of drug-likeness (QED) is 0.642. The molecule has 3 N–H and O–H groups in total. The summed E-state index contributed by atoms with van der Waals surface area (Å²) in [7, 11) is 0. The van der Waals surface area contributed by atoms with E-state index in [-0.39, 0.29) is 11.9 Å². The molecule has 1 atom stereocenters. The van der Waals surface area contributed by atoms with Gasteiger partial charge in [0.25, 0.3) is 0 Å². The Labute approximate surface area is 106 Å². The average Bonchev–Trinajstić information content (AvgIpc) is 2.40. The van der Waals surface area contributed by atoms with E-state index in [1.807, 2.05) is 24.3 Å². The topological polar surface area (TPSA) is 50.9 Å². The molecule has 18 heavy (non-hydrogen) atoms. The van der Waals surface area contributed by atoms with Crippen molar-refractivity contribution < 1.29 is 4.39 Å². The first-order valence-corrected chi connectivity index (χ1v) is 5.83. The van der Waals surface area contributed by atoms with E-state index in [1.54, 1.807) is 19.2 Å². The number of nitrogens with zero attached hydrogens (tertiary/aromatic N) is 1. The standard InChI is InChI=1S/C14H16FN3/c1-10-8-11(5-6-13(10)15)14(18-16)9-12-4-2-3-7-17-12/h2-8,14,18H,9,16H2,1H3. The molecule has 0 saturated heterocycles. The number of aryl methyl sites for hydroxylation is 1. The zero-order valence-corrected chi connectivity index (χ0v) is 10.2. The van der Waals surface area contributed by atoms with Gasteiger partial charge in [-0.1, -0.05) is 18.2 Å². The average molecular weight is 245 g/mol. The molecule has 0 saturated carbocycles. The van der Waals surface area contributed by atoms with E-state index in [4.69, 9.17) is 5.84 Å². The van der Waals surface area contributed by atoms with Gasteiger partial charge in [-0.2, -0.15) is 0 Å². The van der Waals surface area contributed by atoms with Crippen molar-refractivity contribution in [2.45, 2.75) is 19.4 Å². The van der Waals surface area contributed by atoms with Gasteiger partial charge in [-0.05, 0) is 36.2 Å². The van der Waals surface area contributed by atoms with Gasteiger partial charge in [0, 0.05) is 18.3 Å². The van der Waals surface area contributed by atoms with E-state index in [1.165, 1.54) is 6.07 Å². The summed E-state index contributed by atoms with van der Waals surface area (Å²) in [5, 5.41) is 0. The van der Waals surface area contributed by atoms with Crippen molar-refractivity contribution in [3.8, 4) is 0 Å². The summed E-state index contributed by atoms with van der Waals surface area (Å²) in [4.78, 5) is 4.26. The lowest BCUT2D eigenvalue weighted by Gasteiger charge is -2.16. The summed E-state index contributed by atoms with van der Waals surface area (Å²) in [5.41, 5.74) is 5.28. The maximum Gasteiger partial charge on any atom is 0.126 e. The van der Waals surface area contributed by atoms with E-state index >= 15 is 0 Å². The van der Waals surface area contributed by atoms with E-state index in [9.17, 15) is 4.39 Å². The van der Waals surface area contributed by atoms with E-state index in [0.29, 0.717) is 12.0 Å². The highest BCUT2D eigenvalue weighted by Gasteiger charge is 2.12. The normalized spacial score (nSPS) is 12.4. The number of benzene rings is 1. The van der Waals surface area contributed by atoms with Gasteiger partial charge in [0.1, 0.15) is 5.82 Å². The van der Waals surface area contributed by atoms with Crippen LogP contribution in [0.25, 0.3) is 0 Å². The zero-order chi connectivity index (χ0) is 13.0. The molecule has 0 aliphatic rings. The minimum atomic E-state index is -0.202. The Hall–Kier alpha value is -1.78. The summed E-state index contributed by atoms with van der Waals surface area (Å²) in [5.74, 6) is 5.37. The van der Waals surface area contributed by atoms with E-state index in [2.05, 4.69) is 10.4 Å². The third-order valence-corrected chi connectivity index (χ3v) is 2.92. The van der Waals surface area contributed by atoms with Gasteiger partial charge in [0.15, 0.2) is 0 Å². The number of hydrazine groups is 1. The summed E-state index contributed by atoms with van der Waals surface area (Å²) in [6.45, 7) is 1.74. The van der Waals surface area contributed by atoms with Crippen LogP contribution in [0.4, 0.5) is 4.39 Å². The first kappa shape index (κ1) is 12.7. The molecule has 0 amide bonds. The second-order valence-corrected chi connectivity index (χ2v) is 4.25. The van der Waals surface area contributed by atoms with Crippen molar-refractivity contribution in [2.75, 3.05) is 0 Å². The van der Waals surface area contributed by atoms with Crippen LogP contribution in [0.5, 0.6) is 0 Å². The highest BCUT2D eigenvalue weighted by atomic mass is 19.1. The third-order valence-electron chi connectivity index (χ3n) is 2.92. The molecule has 0 aliphatic heterocycles. The Morgan fingerprint density at radius 2 is 2.17 bits per heavy atom. The lowest BCUT2D eigenvalue weighted by Crippen LogP contribution is -2.29. The van der Waals surface area contributed by atoms with Gasteiger partial charge in [0.05, 0.1) is 6.04 Å². The van der Waals surface area contributed by atoms with Crippen molar-refractivity contribution in [3.05, 3.63) is 65.2 Å². The minimum absolute atomic E-state index is 0.0702. The molecule has 1 aromatic carbocycles. The molecule has 0 radical (unpaired) electrons. The van der Waals surface area contributed by atoms with Crippen LogP contribution < -0.4 is 11.3 Å². The molecule has 2 aromatic rings. The first-order chi connectivity index (χ1) is 8.70. The van der Waals surface area contributed by atoms with Gasteiger partial charge in [-0.25, -0.2) is 4.39 Å². The number of hydrogen-bond acceptors (Lipinski definition) is 3. The molecule has 4 heteroatoms. The third kappa shape index (κ3) is 2.91. The molecular weight excluding hydrogens is 229 g/mol. The molecule has 1 heterocycles. The van der Waals surface area contributed by atoms with E-state index < -0.39 is 0 Å². The van der Waals surface area contributed by atoms with Gasteiger partial charge in [-0.3, -0.25) is 16.3 Å². The Morgan fingerprint density at radius 3 is 2.78 bits per heavy atom. The second kappa shape index (κ2) is 5.71. The fraction of sp³-hybridized carbons (Fsp3) is 0.214. The van der Waals surface area contributed by atoms with Crippen molar-refractivity contribution in [1.29, 1.82) is 0 Å². The zero-order valence-electron chi connectivity index (χ0n) is 10.2. The number of nitrogens with two attached hydrogens (primary N) is 1. The summed E-state index contributed by atoms with van der Waals surface area (Å²) >= 11 is 0. The monoisotopic (exact) mass is 245 g/mol. The highest BCUT2D eigenvalue weighted by molar-refractivity contribution is 5.27. The highest BCUT2D eigenvalue weighted by Crippen LogP contribution is 2.19. The first-order valence-electron chi connectivity index (χ1n) is 5.83. The number of pyridine rings is 1. The predicted molar refractivity (Wildman–Crippen MR) is 69.1 cm³/mol. The molecule has 0 aliphatic carbocycles. The Kier molecular flexibility index (Phi) is 4.02. The van der Waals surface area contributed by atoms with Crippen LogP contribution in [0.2, 0.25) is 0 Å². The van der Waals surface area contributed by atoms with E-state index in [0.717, 1.165) is 11.3 Å². The van der Waals surface area contributed by atoms with Crippen molar-refractivity contribution in [3.63, 3.8) is 0 Å².